The topological polar surface area (TPSA) is 111 Å². The van der Waals surface area contributed by atoms with Gasteiger partial charge in [-0.3, -0.25) is 19.2 Å². The highest BCUT2D eigenvalue weighted by Crippen LogP contribution is 2.78. The molecule has 0 spiro atoms. The first kappa shape index (κ1) is 56.6. The third-order valence-electron chi connectivity index (χ3n) is 28.3. The van der Waals surface area contributed by atoms with Crippen molar-refractivity contribution in [2.75, 3.05) is 14.2 Å². The first-order chi connectivity index (χ1) is 35.3. The van der Waals surface area contributed by atoms with Crippen LogP contribution in [0.15, 0.2) is 23.3 Å². The van der Waals surface area contributed by atoms with E-state index in [0.717, 1.165) is 116 Å². The second-order valence-corrected chi connectivity index (χ2v) is 32.9. The zero-order chi connectivity index (χ0) is 55.3. The molecular weight excluding hydrogens is 941 g/mol. The van der Waals surface area contributed by atoms with E-state index in [-0.39, 0.29) is 113 Å². The van der Waals surface area contributed by atoms with E-state index in [1.165, 1.54) is 25.7 Å². The number of hydrogen-bond donors (Lipinski definition) is 2. The van der Waals surface area contributed by atoms with Crippen LogP contribution in [0.25, 0.3) is 0 Å². The fraction of sp³-hybridized carbons (Fsp3) is 0.882. The number of carbonyl (C=O) groups excluding carboxylic acids is 4. The monoisotopic (exact) mass is 1050 g/mol. The molecule has 16 atom stereocenters. The van der Waals surface area contributed by atoms with Crippen LogP contribution >= 0.6 is 0 Å². The maximum Gasteiger partial charge on any atom is 0.312 e. The summed E-state index contributed by atoms with van der Waals surface area (Å²) < 4.78 is 11.2. The van der Waals surface area contributed by atoms with Crippen molar-refractivity contribution in [2.45, 2.75) is 263 Å². The quantitative estimate of drug-likeness (QED) is 0.135. The lowest BCUT2D eigenvalue weighted by atomic mass is 9.33. The lowest BCUT2D eigenvalue weighted by Gasteiger charge is -2.71. The maximum atomic E-state index is 13.9. The van der Waals surface area contributed by atoms with Gasteiger partial charge in [0.2, 0.25) is 11.8 Å². The first-order valence-corrected chi connectivity index (χ1v) is 31.5. The first-order valence-electron chi connectivity index (χ1n) is 31.5. The number of rotatable bonds is 9. The molecule has 2 amide bonds. The number of fused-ring (bicyclic) bond motifs is 14. The van der Waals surface area contributed by atoms with Crippen molar-refractivity contribution < 1.29 is 28.7 Å². The second-order valence-electron chi connectivity index (χ2n) is 32.9. The van der Waals surface area contributed by atoms with Crippen LogP contribution in [0.5, 0.6) is 0 Å². The molecule has 8 saturated carbocycles. The third kappa shape index (κ3) is 7.98. The number of esters is 2. The number of carbonyl (C=O) groups is 4. The minimum Gasteiger partial charge on any atom is -0.469 e. The molecule has 8 nitrogen and oxygen atoms in total. The molecule has 0 heterocycles. The Balaban J connectivity index is 0.735. The van der Waals surface area contributed by atoms with Gasteiger partial charge in [-0.2, -0.15) is 0 Å². The Bertz CT molecular complexity index is 2250. The fourth-order valence-corrected chi connectivity index (χ4v) is 23.3. The molecule has 10 rings (SSSR count). The van der Waals surface area contributed by atoms with Crippen molar-refractivity contribution in [3.05, 3.63) is 23.3 Å². The maximum absolute atomic E-state index is 13.9. The van der Waals surface area contributed by atoms with Crippen molar-refractivity contribution in [1.29, 1.82) is 0 Å². The number of allylic oxidation sites excluding steroid dienone is 4. The van der Waals surface area contributed by atoms with Gasteiger partial charge in [0, 0.05) is 24.9 Å². The zero-order valence-electron chi connectivity index (χ0n) is 51.2. The van der Waals surface area contributed by atoms with Crippen LogP contribution in [0, 0.1) is 100 Å². The van der Waals surface area contributed by atoms with E-state index in [4.69, 9.17) is 9.47 Å². The van der Waals surface area contributed by atoms with Crippen LogP contribution in [0.3, 0.4) is 0 Å². The van der Waals surface area contributed by atoms with Crippen LogP contribution in [0.4, 0.5) is 0 Å². The normalized spacial score (nSPS) is 47.1. The van der Waals surface area contributed by atoms with Crippen molar-refractivity contribution in [2.24, 2.45) is 100 Å². The van der Waals surface area contributed by atoms with Crippen molar-refractivity contribution in [1.82, 2.24) is 10.6 Å². The van der Waals surface area contributed by atoms with Crippen LogP contribution in [0.1, 0.15) is 251 Å². The fourth-order valence-electron chi connectivity index (χ4n) is 23.3. The molecule has 0 saturated heterocycles. The summed E-state index contributed by atoms with van der Waals surface area (Å²) in [6.07, 6.45) is 29.0. The molecule has 10 aliphatic rings. The Morgan fingerprint density at radius 2 is 0.816 bits per heavy atom. The van der Waals surface area contributed by atoms with Gasteiger partial charge in [0.15, 0.2) is 0 Å². The number of nitrogens with one attached hydrogen (secondary N) is 2. The highest BCUT2D eigenvalue weighted by atomic mass is 16.5. The largest absolute Gasteiger partial charge is 0.469 e. The van der Waals surface area contributed by atoms with Crippen molar-refractivity contribution >= 4 is 23.8 Å². The summed E-state index contributed by atoms with van der Waals surface area (Å²) in [5.74, 6) is 2.98. The van der Waals surface area contributed by atoms with Gasteiger partial charge < -0.3 is 20.1 Å². The lowest BCUT2D eigenvalue weighted by Crippen LogP contribution is -2.66. The SMILES string of the molecule is COC(=O)[C@]12CCC(C)(C)CC1C1=CCC3[C@@]4(C)CC[C@H](NC(=O)CCCCC(=O)N[C@H]5CC[C@@]6(C)C(CC[C@]7(C)C6CC=C6C8CC(C)(C)CC[C@]8(C(=O)OC)CC[C@]67C)C5(C)C)C(C)(C)C4CC[C@@]3(C)[C@]1(C)CC2. The van der Waals surface area contributed by atoms with E-state index in [9.17, 15) is 19.2 Å². The van der Waals surface area contributed by atoms with Gasteiger partial charge in [0.25, 0.3) is 0 Å². The molecule has 10 aliphatic carbocycles. The molecule has 426 valence electrons. The Morgan fingerprint density at radius 3 is 1.17 bits per heavy atom. The molecule has 0 bridgehead atoms. The molecule has 8 fully saturated rings. The van der Waals surface area contributed by atoms with Crippen LogP contribution in [-0.4, -0.2) is 50.1 Å². The van der Waals surface area contributed by atoms with E-state index >= 15 is 0 Å². The molecule has 0 aromatic heterocycles. The number of ether oxygens (including phenoxy) is 2. The average Bonchev–Trinajstić information content (AvgIpc) is 3.38. The minimum atomic E-state index is -0.384. The summed E-state index contributed by atoms with van der Waals surface area (Å²) in [6, 6.07) is 0.278. The van der Waals surface area contributed by atoms with E-state index in [0.29, 0.717) is 36.5 Å². The van der Waals surface area contributed by atoms with E-state index in [2.05, 4.69) is 120 Å². The number of amides is 2. The molecule has 0 aliphatic heterocycles. The summed E-state index contributed by atoms with van der Waals surface area (Å²) in [7, 11) is 3.20. The summed E-state index contributed by atoms with van der Waals surface area (Å²) in [6.45, 7) is 35.1. The van der Waals surface area contributed by atoms with Gasteiger partial charge in [-0.15, -0.1) is 0 Å². The van der Waals surface area contributed by atoms with Gasteiger partial charge in [-0.1, -0.05) is 120 Å². The molecule has 0 aromatic rings. The van der Waals surface area contributed by atoms with Crippen LogP contribution < -0.4 is 10.6 Å². The highest BCUT2D eigenvalue weighted by molar-refractivity contribution is 5.80. The zero-order valence-corrected chi connectivity index (χ0v) is 51.2. The minimum absolute atomic E-state index is 0.0235. The molecule has 0 radical (unpaired) electrons. The second kappa shape index (κ2) is 18.4. The molecule has 0 aromatic carbocycles. The van der Waals surface area contributed by atoms with Gasteiger partial charge >= 0.3 is 11.9 Å². The summed E-state index contributed by atoms with van der Waals surface area (Å²) in [4.78, 5) is 55.2. The molecule has 8 heteroatoms. The predicted octanol–water partition coefficient (Wildman–Crippen LogP) is 15.5. The van der Waals surface area contributed by atoms with E-state index in [1.807, 2.05) is 0 Å². The van der Waals surface area contributed by atoms with Crippen LogP contribution in [-0.2, 0) is 28.7 Å². The molecule has 6 unspecified atom stereocenters. The number of hydrogen-bond acceptors (Lipinski definition) is 6. The predicted molar refractivity (Wildman–Crippen MR) is 304 cm³/mol. The van der Waals surface area contributed by atoms with Gasteiger partial charge in [0.1, 0.15) is 0 Å². The van der Waals surface area contributed by atoms with Gasteiger partial charge in [0.05, 0.1) is 25.0 Å². The smallest absolute Gasteiger partial charge is 0.312 e. The molecule has 76 heavy (non-hydrogen) atoms. The molecular formula is C68H108N2O6. The third-order valence-corrected chi connectivity index (χ3v) is 28.3. The van der Waals surface area contributed by atoms with Gasteiger partial charge in [-0.05, 0) is 231 Å². The lowest BCUT2D eigenvalue weighted by molar-refractivity contribution is -0.193. The standard InChI is InChI=1S/C68H108N2O6/c1-57(2)33-37-67(55(73)75-15)39-35-63(11)43(45(67)41-57)21-23-49-61(9)29-27-51(59(5,6)47(61)25-31-65(49,63)13)69-53(71)19-17-18-20-54(72)70-52-28-30-62(10)48(60(52,7)8)26-32-66(14)50(62)24-22-44-46-42-58(3,4)34-38-68(46,56(74)76-16)40-36-64(44,66)12/h21-22,45-52H,17-20,23-42H2,1-16H3,(H,69,71)(H,70,72)/t45?,46?,47?,48?,49?,50?,51-,52-,61-,62-,63+,64+,65+,66+,67-,68-/m0/s1. The number of unbranched alkanes of at least 4 members (excludes halogenated alkanes) is 1. The summed E-state index contributed by atoms with van der Waals surface area (Å²) in [5.41, 5.74) is 3.50. The van der Waals surface area contributed by atoms with E-state index in [1.54, 1.807) is 25.4 Å². The van der Waals surface area contributed by atoms with Crippen LogP contribution in [0.2, 0.25) is 0 Å². The number of methoxy groups -OCH3 is 2. The Kier molecular flexibility index (Phi) is 13.7. The van der Waals surface area contributed by atoms with Crippen molar-refractivity contribution in [3.8, 4) is 0 Å². The van der Waals surface area contributed by atoms with E-state index < -0.39 is 0 Å². The Hall–Kier alpha value is -2.64. The van der Waals surface area contributed by atoms with Gasteiger partial charge in [-0.25, -0.2) is 0 Å². The summed E-state index contributed by atoms with van der Waals surface area (Å²) in [5, 5.41) is 7.19. The Labute approximate surface area is 462 Å². The summed E-state index contributed by atoms with van der Waals surface area (Å²) >= 11 is 0. The highest BCUT2D eigenvalue weighted by Gasteiger charge is 2.72. The average molecular weight is 1050 g/mol. The Morgan fingerprint density at radius 1 is 0.461 bits per heavy atom. The van der Waals surface area contributed by atoms with Crippen molar-refractivity contribution in [3.63, 3.8) is 0 Å². The molecule has 2 N–H and O–H groups in total.